The molecule has 1 aromatic heterocycles. The molecular weight excluding hydrogens is 442 g/mol. The summed E-state index contributed by atoms with van der Waals surface area (Å²) in [7, 11) is 1.68. The molecule has 2 amide bonds. The van der Waals surface area contributed by atoms with Crippen molar-refractivity contribution in [2.75, 3.05) is 20.2 Å². The van der Waals surface area contributed by atoms with E-state index in [9.17, 15) is 9.59 Å². The second kappa shape index (κ2) is 10.4. The predicted octanol–water partition coefficient (Wildman–Crippen LogP) is 5.02. The summed E-state index contributed by atoms with van der Waals surface area (Å²) in [6.07, 6.45) is 3.64. The zero-order valence-electron chi connectivity index (χ0n) is 21.0. The summed E-state index contributed by atoms with van der Waals surface area (Å²) >= 11 is 0. The fourth-order valence-corrected chi connectivity index (χ4v) is 4.72. The van der Waals surface area contributed by atoms with Crippen molar-refractivity contribution >= 4 is 22.9 Å². The van der Waals surface area contributed by atoms with E-state index in [0.717, 1.165) is 29.7 Å². The van der Waals surface area contributed by atoms with Crippen molar-refractivity contribution in [2.24, 2.45) is 0 Å². The molecule has 1 fully saturated rings. The van der Waals surface area contributed by atoms with Crippen LogP contribution in [0.1, 0.15) is 50.7 Å². The molecule has 7 nitrogen and oxygen atoms in total. The van der Waals surface area contributed by atoms with E-state index in [1.165, 1.54) is 10.9 Å². The number of carbonyl (C=O) groups excluding carboxylic acids is 2. The molecule has 0 radical (unpaired) electrons. The number of methoxy groups -OCH3 is 1. The number of benzene rings is 2. The number of hydrogen-bond donors (Lipinski definition) is 2. The predicted molar refractivity (Wildman–Crippen MR) is 137 cm³/mol. The number of H-pyrrole nitrogens is 1. The first kappa shape index (κ1) is 24.6. The van der Waals surface area contributed by atoms with Crippen molar-refractivity contribution in [3.8, 4) is 5.75 Å². The maximum absolute atomic E-state index is 13.5. The fraction of sp³-hybridized carbons (Fsp3) is 0.429. The van der Waals surface area contributed by atoms with Gasteiger partial charge in [-0.1, -0.05) is 30.3 Å². The first-order valence-corrected chi connectivity index (χ1v) is 12.2. The number of alkyl carbamates (subject to hydrolysis) is 1. The number of fused-ring (bicyclic) bond motifs is 1. The Bertz CT molecular complexity index is 1160. The average molecular weight is 478 g/mol. The maximum atomic E-state index is 13.5. The van der Waals surface area contributed by atoms with Crippen LogP contribution >= 0.6 is 0 Å². The first-order valence-electron chi connectivity index (χ1n) is 12.2. The lowest BCUT2D eigenvalue weighted by molar-refractivity contribution is -0.134. The van der Waals surface area contributed by atoms with Gasteiger partial charge in [0.25, 0.3) is 0 Å². The zero-order chi connectivity index (χ0) is 25.0. The average Bonchev–Trinajstić information content (AvgIpc) is 3.26. The Hall–Kier alpha value is -3.48. The molecule has 0 saturated carbocycles. The molecule has 2 N–H and O–H groups in total. The van der Waals surface area contributed by atoms with Gasteiger partial charge >= 0.3 is 6.09 Å². The van der Waals surface area contributed by atoms with Crippen LogP contribution in [-0.2, 0) is 16.0 Å². The highest BCUT2D eigenvalue weighted by molar-refractivity contribution is 5.87. The van der Waals surface area contributed by atoms with E-state index in [4.69, 9.17) is 9.47 Å². The number of amides is 2. The Kier molecular flexibility index (Phi) is 7.34. The largest absolute Gasteiger partial charge is 0.497 e. The number of nitrogens with zero attached hydrogens (tertiary/aromatic N) is 1. The molecule has 1 atom stereocenters. The molecule has 3 aromatic rings. The van der Waals surface area contributed by atoms with Gasteiger partial charge in [0, 0.05) is 36.6 Å². The van der Waals surface area contributed by atoms with E-state index in [1.54, 1.807) is 7.11 Å². The summed E-state index contributed by atoms with van der Waals surface area (Å²) in [6, 6.07) is 15.1. The van der Waals surface area contributed by atoms with Gasteiger partial charge in [0.15, 0.2) is 0 Å². The molecule has 0 aliphatic carbocycles. The second-order valence-electron chi connectivity index (χ2n) is 10.1. The summed E-state index contributed by atoms with van der Waals surface area (Å²) < 4.78 is 10.8. The van der Waals surface area contributed by atoms with Crippen molar-refractivity contribution < 1.29 is 19.1 Å². The van der Waals surface area contributed by atoms with E-state index in [2.05, 4.69) is 22.6 Å². The first-order chi connectivity index (χ1) is 16.7. The molecule has 7 heteroatoms. The van der Waals surface area contributed by atoms with E-state index in [0.29, 0.717) is 25.4 Å². The lowest BCUT2D eigenvalue weighted by Gasteiger charge is -2.34. The van der Waals surface area contributed by atoms with Gasteiger partial charge in [-0.3, -0.25) is 4.79 Å². The van der Waals surface area contributed by atoms with Crippen LogP contribution in [0.4, 0.5) is 4.79 Å². The quantitative estimate of drug-likeness (QED) is 0.522. The third kappa shape index (κ3) is 6.15. The summed E-state index contributed by atoms with van der Waals surface area (Å²) in [5.74, 6) is 1.12. The smallest absolute Gasteiger partial charge is 0.408 e. The van der Waals surface area contributed by atoms with E-state index < -0.39 is 17.7 Å². The summed E-state index contributed by atoms with van der Waals surface area (Å²) in [6.45, 7) is 6.71. The molecule has 1 saturated heterocycles. The standard InChI is InChI=1S/C28H35N3O4/c1-28(2,3)35-27(33)30-25(16-19-8-6-5-7-9-19)26(32)31-14-12-20(13-15-31)23-18-29-24-11-10-21(34-4)17-22(23)24/h5-11,17-18,20,25,29H,12-16H2,1-4H3,(H,30,33). The van der Waals surface area contributed by atoms with Crippen LogP contribution in [0, 0.1) is 0 Å². The topological polar surface area (TPSA) is 83.7 Å². The Labute approximate surface area is 206 Å². The van der Waals surface area contributed by atoms with Gasteiger partial charge in [0.1, 0.15) is 17.4 Å². The van der Waals surface area contributed by atoms with Crippen LogP contribution in [0.5, 0.6) is 5.75 Å². The Morgan fingerprint density at radius 3 is 2.49 bits per heavy atom. The van der Waals surface area contributed by atoms with Crippen molar-refractivity contribution in [3.05, 3.63) is 65.9 Å². The number of aromatic nitrogens is 1. The molecule has 0 spiro atoms. The molecule has 1 aliphatic rings. The van der Waals surface area contributed by atoms with Crippen LogP contribution in [0.25, 0.3) is 10.9 Å². The highest BCUT2D eigenvalue weighted by Gasteiger charge is 2.31. The van der Waals surface area contributed by atoms with Gasteiger partial charge in [-0.15, -0.1) is 0 Å². The van der Waals surface area contributed by atoms with Gasteiger partial charge in [0.2, 0.25) is 5.91 Å². The number of ether oxygens (including phenoxy) is 2. The molecule has 35 heavy (non-hydrogen) atoms. The highest BCUT2D eigenvalue weighted by atomic mass is 16.6. The lowest BCUT2D eigenvalue weighted by Crippen LogP contribution is -2.52. The molecule has 0 bridgehead atoms. The zero-order valence-corrected chi connectivity index (χ0v) is 21.0. The highest BCUT2D eigenvalue weighted by Crippen LogP contribution is 2.35. The van der Waals surface area contributed by atoms with Crippen molar-refractivity contribution in [2.45, 2.75) is 57.6 Å². The maximum Gasteiger partial charge on any atom is 0.408 e. The summed E-state index contributed by atoms with van der Waals surface area (Å²) in [5.41, 5.74) is 2.71. The number of nitrogens with one attached hydrogen (secondary N) is 2. The van der Waals surface area contributed by atoms with E-state index in [1.807, 2.05) is 68.1 Å². The lowest BCUT2D eigenvalue weighted by atomic mass is 9.88. The molecule has 1 aliphatic heterocycles. The number of aromatic amines is 1. The fourth-order valence-electron chi connectivity index (χ4n) is 4.72. The van der Waals surface area contributed by atoms with Gasteiger partial charge < -0.3 is 24.7 Å². The minimum Gasteiger partial charge on any atom is -0.497 e. The normalized spacial score (nSPS) is 15.6. The number of carbonyl (C=O) groups is 2. The molecule has 1 unspecified atom stereocenters. The van der Waals surface area contributed by atoms with Gasteiger partial charge in [-0.05, 0) is 68.9 Å². The van der Waals surface area contributed by atoms with Crippen LogP contribution in [0.2, 0.25) is 0 Å². The van der Waals surface area contributed by atoms with Crippen molar-refractivity contribution in [1.82, 2.24) is 15.2 Å². The number of hydrogen-bond acceptors (Lipinski definition) is 4. The third-order valence-corrected chi connectivity index (χ3v) is 6.44. The minimum absolute atomic E-state index is 0.0706. The summed E-state index contributed by atoms with van der Waals surface area (Å²) in [4.78, 5) is 31.3. The van der Waals surface area contributed by atoms with Crippen LogP contribution in [0.3, 0.4) is 0 Å². The van der Waals surface area contributed by atoms with Gasteiger partial charge in [-0.2, -0.15) is 0 Å². The SMILES string of the molecule is COc1ccc2[nH]cc(C3CCN(C(=O)C(Cc4ccccc4)NC(=O)OC(C)(C)C)CC3)c2c1. The summed E-state index contributed by atoms with van der Waals surface area (Å²) in [5, 5.41) is 3.99. The molecule has 186 valence electrons. The Balaban J connectivity index is 1.45. The van der Waals surface area contributed by atoms with Gasteiger partial charge in [0.05, 0.1) is 7.11 Å². The number of rotatable bonds is 6. The van der Waals surface area contributed by atoms with Crippen molar-refractivity contribution in [1.29, 1.82) is 0 Å². The number of likely N-dealkylation sites (tertiary alicyclic amines) is 1. The monoisotopic (exact) mass is 477 g/mol. The van der Waals surface area contributed by atoms with Gasteiger partial charge in [-0.25, -0.2) is 4.79 Å². The van der Waals surface area contributed by atoms with Crippen LogP contribution < -0.4 is 10.1 Å². The Morgan fingerprint density at radius 2 is 1.83 bits per heavy atom. The van der Waals surface area contributed by atoms with E-state index >= 15 is 0 Å². The van der Waals surface area contributed by atoms with Crippen molar-refractivity contribution in [3.63, 3.8) is 0 Å². The molecular formula is C28H35N3O4. The van der Waals surface area contributed by atoms with Crippen LogP contribution in [0.15, 0.2) is 54.7 Å². The van der Waals surface area contributed by atoms with E-state index in [-0.39, 0.29) is 5.91 Å². The minimum atomic E-state index is -0.679. The second-order valence-corrected chi connectivity index (χ2v) is 10.1. The number of piperidine rings is 1. The molecule has 4 rings (SSSR count). The molecule has 2 aromatic carbocycles. The van der Waals surface area contributed by atoms with Crippen LogP contribution in [-0.4, -0.2) is 53.7 Å². The Morgan fingerprint density at radius 1 is 1.11 bits per heavy atom. The third-order valence-electron chi connectivity index (χ3n) is 6.44. The molecule has 2 heterocycles.